The number of anilines is 1. The first-order chi connectivity index (χ1) is 16.3. The Labute approximate surface area is 203 Å². The number of sulfonamides is 1. The summed E-state index contributed by atoms with van der Waals surface area (Å²) >= 11 is 5.85. The molecule has 11 heteroatoms. The van der Waals surface area contributed by atoms with Crippen molar-refractivity contribution in [2.75, 3.05) is 25.1 Å². The molecule has 1 aliphatic heterocycles. The van der Waals surface area contributed by atoms with E-state index < -0.39 is 34.2 Å². The van der Waals surface area contributed by atoms with Gasteiger partial charge in [-0.3, -0.25) is 4.79 Å². The fourth-order valence-electron chi connectivity index (χ4n) is 3.21. The summed E-state index contributed by atoms with van der Waals surface area (Å²) in [6.07, 6.45) is 2.00. The molecular formula is C23H27ClN2O7S. The van der Waals surface area contributed by atoms with Crippen LogP contribution in [0.5, 0.6) is 0 Å². The highest BCUT2D eigenvalue weighted by Gasteiger charge is 2.28. The van der Waals surface area contributed by atoms with E-state index in [0.29, 0.717) is 29.3 Å². The van der Waals surface area contributed by atoms with Gasteiger partial charge in [0.1, 0.15) is 6.04 Å². The Hall–Kier alpha value is -2.50. The molecule has 2 N–H and O–H groups in total. The van der Waals surface area contributed by atoms with Gasteiger partial charge in [0.25, 0.3) is 0 Å². The van der Waals surface area contributed by atoms with Crippen LogP contribution in [-0.2, 0) is 29.0 Å². The number of halogens is 1. The molecule has 9 nitrogen and oxygen atoms in total. The lowest BCUT2D eigenvalue weighted by molar-refractivity contribution is -0.166. The third-order valence-corrected chi connectivity index (χ3v) is 6.73. The number of carbonyl (C=O) groups excluding carboxylic acids is 2. The average Bonchev–Trinajstić information content (AvgIpc) is 2.83. The predicted octanol–water partition coefficient (Wildman–Crippen LogP) is 3.35. The largest absolute Gasteiger partial charge is 0.462 e. The van der Waals surface area contributed by atoms with Crippen LogP contribution in [-0.4, -0.2) is 52.4 Å². The van der Waals surface area contributed by atoms with Crippen LogP contribution < -0.4 is 10.0 Å². The molecule has 184 valence electrons. The summed E-state index contributed by atoms with van der Waals surface area (Å²) in [6, 6.07) is 10.4. The minimum atomic E-state index is -4.04. The molecule has 1 saturated heterocycles. The van der Waals surface area contributed by atoms with Crippen LogP contribution in [0, 0.1) is 0 Å². The lowest BCUT2D eigenvalue weighted by atomic mass is 10.2. The average molecular weight is 511 g/mol. The summed E-state index contributed by atoms with van der Waals surface area (Å²) in [7, 11) is -4.04. The van der Waals surface area contributed by atoms with E-state index in [1.165, 1.54) is 48.5 Å². The molecule has 1 heterocycles. The number of rotatable bonds is 10. The Morgan fingerprint density at radius 1 is 1.12 bits per heavy atom. The minimum absolute atomic E-state index is 0.0394. The maximum Gasteiger partial charge on any atom is 0.338 e. The molecule has 2 aromatic rings. The second-order valence-electron chi connectivity index (χ2n) is 7.54. The summed E-state index contributed by atoms with van der Waals surface area (Å²) in [5, 5.41) is 3.04. The zero-order valence-electron chi connectivity index (χ0n) is 18.7. The lowest BCUT2D eigenvalue weighted by Crippen LogP contribution is -2.47. The molecule has 1 unspecified atom stereocenters. The van der Waals surface area contributed by atoms with Crippen molar-refractivity contribution in [2.24, 2.45) is 0 Å². The van der Waals surface area contributed by atoms with Gasteiger partial charge < -0.3 is 19.5 Å². The summed E-state index contributed by atoms with van der Waals surface area (Å²) in [6.45, 7) is 2.27. The molecule has 0 saturated carbocycles. The fourth-order valence-corrected chi connectivity index (χ4v) is 4.52. The van der Waals surface area contributed by atoms with Crippen LogP contribution in [0.3, 0.4) is 0 Å². The smallest absolute Gasteiger partial charge is 0.338 e. The topological polar surface area (TPSA) is 120 Å². The fraction of sp³-hybridized carbons (Fsp3) is 0.391. The standard InChI is InChI=1S/C23H27ClN2O7S/c1-2-31-23(28)16-6-10-18(11-7-16)25-22(27)20(15-33-21-5-3-4-14-32-21)26-34(29,30)19-12-8-17(24)9-13-19/h6-13,20-21,26H,2-5,14-15H2,1H3,(H,25,27)/t20-,21?/m0/s1. The molecule has 34 heavy (non-hydrogen) atoms. The van der Waals surface area contributed by atoms with E-state index in [1.54, 1.807) is 6.92 Å². The molecule has 0 bridgehead atoms. The number of benzene rings is 2. The Balaban J connectivity index is 1.72. The Morgan fingerprint density at radius 2 is 1.82 bits per heavy atom. The molecule has 1 fully saturated rings. The number of esters is 1. The van der Waals surface area contributed by atoms with Gasteiger partial charge in [-0.25, -0.2) is 13.2 Å². The van der Waals surface area contributed by atoms with Gasteiger partial charge >= 0.3 is 5.97 Å². The number of ether oxygens (including phenoxy) is 3. The van der Waals surface area contributed by atoms with Gasteiger partial charge in [0.2, 0.25) is 15.9 Å². The monoisotopic (exact) mass is 510 g/mol. The van der Waals surface area contributed by atoms with Crippen molar-refractivity contribution in [1.29, 1.82) is 0 Å². The maximum atomic E-state index is 13.0. The van der Waals surface area contributed by atoms with Gasteiger partial charge in [0.05, 0.1) is 23.7 Å². The number of hydrogen-bond acceptors (Lipinski definition) is 7. The van der Waals surface area contributed by atoms with E-state index >= 15 is 0 Å². The first-order valence-corrected chi connectivity index (χ1v) is 12.7. The van der Waals surface area contributed by atoms with E-state index in [4.69, 9.17) is 25.8 Å². The van der Waals surface area contributed by atoms with Crippen LogP contribution >= 0.6 is 11.6 Å². The van der Waals surface area contributed by atoms with Crippen LogP contribution in [0.2, 0.25) is 5.02 Å². The van der Waals surface area contributed by atoms with Crippen molar-refractivity contribution >= 4 is 39.2 Å². The molecule has 0 radical (unpaired) electrons. The number of hydrogen-bond donors (Lipinski definition) is 2. The van der Waals surface area contributed by atoms with Gasteiger partial charge in [-0.1, -0.05) is 11.6 Å². The SMILES string of the molecule is CCOC(=O)c1ccc(NC(=O)[C@H](COC2CCCCO2)NS(=O)(=O)c2ccc(Cl)cc2)cc1. The third-order valence-electron chi connectivity index (χ3n) is 4.99. The summed E-state index contributed by atoms with van der Waals surface area (Å²) in [5.74, 6) is -1.10. The van der Waals surface area contributed by atoms with E-state index in [2.05, 4.69) is 10.0 Å². The van der Waals surface area contributed by atoms with Crippen LogP contribution in [0.25, 0.3) is 0 Å². The zero-order valence-corrected chi connectivity index (χ0v) is 20.2. The maximum absolute atomic E-state index is 13.0. The minimum Gasteiger partial charge on any atom is -0.462 e. The summed E-state index contributed by atoms with van der Waals surface area (Å²) in [4.78, 5) is 24.8. The summed E-state index contributed by atoms with van der Waals surface area (Å²) < 4.78 is 44.3. The molecule has 2 atom stereocenters. The number of amides is 1. The number of carbonyl (C=O) groups is 2. The van der Waals surface area contributed by atoms with Crippen molar-refractivity contribution in [1.82, 2.24) is 4.72 Å². The van der Waals surface area contributed by atoms with Crippen molar-refractivity contribution in [2.45, 2.75) is 43.4 Å². The van der Waals surface area contributed by atoms with E-state index in [9.17, 15) is 18.0 Å². The van der Waals surface area contributed by atoms with Crippen LogP contribution in [0.4, 0.5) is 5.69 Å². The van der Waals surface area contributed by atoms with E-state index in [1.807, 2.05) is 0 Å². The highest BCUT2D eigenvalue weighted by atomic mass is 35.5. The van der Waals surface area contributed by atoms with Crippen LogP contribution in [0.15, 0.2) is 53.4 Å². The molecule has 0 aliphatic carbocycles. The van der Waals surface area contributed by atoms with Gasteiger partial charge in [0, 0.05) is 17.3 Å². The van der Waals surface area contributed by atoms with Gasteiger partial charge in [-0.15, -0.1) is 0 Å². The van der Waals surface area contributed by atoms with Crippen LogP contribution in [0.1, 0.15) is 36.5 Å². The Bertz CT molecular complexity index is 1070. The van der Waals surface area contributed by atoms with Gasteiger partial charge in [-0.05, 0) is 74.7 Å². The van der Waals surface area contributed by atoms with E-state index in [0.717, 1.165) is 12.8 Å². The second kappa shape index (κ2) is 12.3. The van der Waals surface area contributed by atoms with Crippen molar-refractivity contribution < 1.29 is 32.2 Å². The number of nitrogens with one attached hydrogen (secondary N) is 2. The second-order valence-corrected chi connectivity index (χ2v) is 9.69. The summed E-state index contributed by atoms with van der Waals surface area (Å²) in [5.41, 5.74) is 0.709. The van der Waals surface area contributed by atoms with Gasteiger partial charge in [-0.2, -0.15) is 4.72 Å². The van der Waals surface area contributed by atoms with Crippen molar-refractivity contribution in [3.63, 3.8) is 0 Å². The third kappa shape index (κ3) is 7.51. The molecule has 2 aromatic carbocycles. The quantitative estimate of drug-likeness (QED) is 0.470. The molecule has 1 aliphatic rings. The predicted molar refractivity (Wildman–Crippen MR) is 126 cm³/mol. The Morgan fingerprint density at radius 3 is 2.44 bits per heavy atom. The zero-order chi connectivity index (χ0) is 24.6. The molecule has 1 amide bonds. The first kappa shape index (κ1) is 26.1. The molecular weight excluding hydrogens is 484 g/mol. The van der Waals surface area contributed by atoms with Crippen molar-refractivity contribution in [3.8, 4) is 0 Å². The highest BCUT2D eigenvalue weighted by Crippen LogP contribution is 2.17. The first-order valence-electron chi connectivity index (χ1n) is 10.9. The highest BCUT2D eigenvalue weighted by molar-refractivity contribution is 7.89. The molecule has 0 aromatic heterocycles. The van der Waals surface area contributed by atoms with Crippen molar-refractivity contribution in [3.05, 3.63) is 59.1 Å². The molecule has 3 rings (SSSR count). The van der Waals surface area contributed by atoms with E-state index in [-0.39, 0.29) is 18.1 Å². The normalized spacial score (nSPS) is 17.1. The molecule has 0 spiro atoms. The lowest BCUT2D eigenvalue weighted by Gasteiger charge is -2.25. The Kier molecular flexibility index (Phi) is 9.43. The van der Waals surface area contributed by atoms with Gasteiger partial charge in [0.15, 0.2) is 6.29 Å².